The van der Waals surface area contributed by atoms with Crippen LogP contribution in [0, 0.1) is 17.3 Å². The molecule has 1 saturated carbocycles. The van der Waals surface area contributed by atoms with Crippen molar-refractivity contribution in [3.8, 4) is 0 Å². The summed E-state index contributed by atoms with van der Waals surface area (Å²) in [5, 5.41) is 13.4. The first-order chi connectivity index (χ1) is 16.5. The van der Waals surface area contributed by atoms with Crippen LogP contribution in [0.1, 0.15) is 72.4 Å². The van der Waals surface area contributed by atoms with Gasteiger partial charge in [0.1, 0.15) is 11.3 Å². The van der Waals surface area contributed by atoms with Crippen molar-refractivity contribution in [3.63, 3.8) is 0 Å². The fourth-order valence-corrected chi connectivity index (χ4v) is 6.51. The van der Waals surface area contributed by atoms with Crippen molar-refractivity contribution in [1.29, 1.82) is 0 Å². The third-order valence-corrected chi connectivity index (χ3v) is 7.64. The second-order valence-corrected chi connectivity index (χ2v) is 12.6. The molecule has 1 aliphatic heterocycles. The first-order valence-electron chi connectivity index (χ1n) is 12.7. The smallest absolute Gasteiger partial charge is 0.414 e. The summed E-state index contributed by atoms with van der Waals surface area (Å²) in [5.41, 5.74) is 3.75. The molecule has 3 aliphatic rings. The summed E-state index contributed by atoms with van der Waals surface area (Å²) in [5.74, 6) is -0.566. The van der Waals surface area contributed by atoms with Gasteiger partial charge in [0.05, 0.1) is 12.6 Å². The second-order valence-electron chi connectivity index (χ2n) is 12.6. The molecular weight excluding hydrogens is 463 g/mol. The standard InChI is InChI=1S/C27H39FN4O4/c1-15-11-26(12-16(2)20(15)33)13-17-8-9-18(29)10-19(17)27(26)21(34)32(14-25(6,7)28)22(31-27)30-23(35)36-24(3,4)5/h8-10,15-16,20,33H,11-14,29H2,1-7H3,(H,30,31,35)/t15-,16+,20+,26+,27-/m1/s1. The highest BCUT2D eigenvalue weighted by atomic mass is 19.1. The van der Waals surface area contributed by atoms with Gasteiger partial charge in [0.15, 0.2) is 5.54 Å². The van der Waals surface area contributed by atoms with E-state index in [1.807, 2.05) is 26.0 Å². The van der Waals surface area contributed by atoms with E-state index in [9.17, 15) is 19.1 Å². The monoisotopic (exact) mass is 502 g/mol. The van der Waals surface area contributed by atoms with Crippen LogP contribution >= 0.6 is 0 Å². The van der Waals surface area contributed by atoms with Crippen molar-refractivity contribution >= 4 is 23.6 Å². The average molecular weight is 503 g/mol. The molecule has 9 heteroatoms. The lowest BCUT2D eigenvalue weighted by Gasteiger charge is -2.49. The minimum Gasteiger partial charge on any atom is -0.444 e. The van der Waals surface area contributed by atoms with Gasteiger partial charge in [-0.2, -0.15) is 0 Å². The van der Waals surface area contributed by atoms with Gasteiger partial charge in [-0.15, -0.1) is 0 Å². The van der Waals surface area contributed by atoms with E-state index in [1.54, 1.807) is 26.8 Å². The Hall–Kier alpha value is -2.68. The molecule has 2 spiro atoms. The van der Waals surface area contributed by atoms with Gasteiger partial charge in [0.25, 0.3) is 5.91 Å². The summed E-state index contributed by atoms with van der Waals surface area (Å²) >= 11 is 0. The number of nitrogens with zero attached hydrogens (tertiary/aromatic N) is 2. The molecule has 1 aromatic rings. The Kier molecular flexibility index (Phi) is 6.18. The van der Waals surface area contributed by atoms with E-state index < -0.39 is 34.4 Å². The minimum atomic E-state index is -1.74. The van der Waals surface area contributed by atoms with Crippen LogP contribution in [0.5, 0.6) is 0 Å². The van der Waals surface area contributed by atoms with Gasteiger partial charge in [-0.25, -0.2) is 14.2 Å². The maximum absolute atomic E-state index is 15.0. The lowest BCUT2D eigenvalue weighted by atomic mass is 9.56. The number of aliphatic imine (C=N–C) groups is 1. The fourth-order valence-electron chi connectivity index (χ4n) is 6.51. The molecule has 0 aromatic heterocycles. The number of halogens is 1. The van der Waals surface area contributed by atoms with Crippen molar-refractivity contribution in [2.24, 2.45) is 22.2 Å². The van der Waals surface area contributed by atoms with Crippen LogP contribution in [-0.2, 0) is 21.5 Å². The number of hydrogen-bond acceptors (Lipinski definition) is 6. The zero-order chi connectivity index (χ0) is 26.8. The van der Waals surface area contributed by atoms with Gasteiger partial charge in [-0.05, 0) is 89.0 Å². The number of aliphatic hydroxyl groups is 1. The van der Waals surface area contributed by atoms with Crippen LogP contribution in [0.25, 0.3) is 0 Å². The number of nitrogen functional groups attached to an aromatic ring is 1. The number of carbonyl (C=O) groups excluding carboxylic acids is 2. The highest BCUT2D eigenvalue weighted by Gasteiger charge is 2.68. The van der Waals surface area contributed by atoms with E-state index in [0.29, 0.717) is 30.5 Å². The topological polar surface area (TPSA) is 117 Å². The lowest BCUT2D eigenvalue weighted by molar-refractivity contribution is -0.142. The van der Waals surface area contributed by atoms with Gasteiger partial charge in [-0.1, -0.05) is 19.9 Å². The number of carbonyl (C=O) groups is 2. The molecule has 1 heterocycles. The van der Waals surface area contributed by atoms with Crippen LogP contribution in [0.4, 0.5) is 14.9 Å². The number of guanidine groups is 1. The summed E-state index contributed by atoms with van der Waals surface area (Å²) in [6, 6.07) is 5.51. The Morgan fingerprint density at radius 3 is 2.42 bits per heavy atom. The molecule has 5 atom stereocenters. The quantitative estimate of drug-likeness (QED) is 0.530. The Bertz CT molecular complexity index is 1090. The summed E-state index contributed by atoms with van der Waals surface area (Å²) in [7, 11) is 0. The van der Waals surface area contributed by atoms with E-state index in [1.165, 1.54) is 18.7 Å². The zero-order valence-corrected chi connectivity index (χ0v) is 22.3. The average Bonchev–Trinajstić information content (AvgIpc) is 3.11. The fraction of sp³-hybridized carbons (Fsp3) is 0.667. The van der Waals surface area contributed by atoms with Gasteiger partial charge in [0, 0.05) is 11.1 Å². The SMILES string of the molecule is C[C@@H]1C[C@@]2(Cc3ccc(N)cc3[C@]23N=C(NC(=O)OC(C)(C)C)N(CC(C)(C)F)C3=O)C[C@H](C)[C@H]1O. The molecule has 2 aliphatic carbocycles. The van der Waals surface area contributed by atoms with Crippen LogP contribution in [-0.4, -0.2) is 51.9 Å². The molecule has 4 N–H and O–H groups in total. The number of alkyl carbamates (subject to hydrolysis) is 1. The number of benzene rings is 1. The Morgan fingerprint density at radius 2 is 1.86 bits per heavy atom. The van der Waals surface area contributed by atoms with Gasteiger partial charge in [-0.3, -0.25) is 15.0 Å². The van der Waals surface area contributed by atoms with Gasteiger partial charge < -0.3 is 15.6 Å². The number of anilines is 1. The number of aliphatic hydroxyl groups excluding tert-OH is 1. The largest absolute Gasteiger partial charge is 0.444 e. The summed E-state index contributed by atoms with van der Waals surface area (Å²) in [4.78, 5) is 33.4. The van der Waals surface area contributed by atoms with E-state index in [0.717, 1.165) is 5.56 Å². The van der Waals surface area contributed by atoms with Crippen molar-refractivity contribution < 1.29 is 23.8 Å². The predicted octanol–water partition coefficient (Wildman–Crippen LogP) is 3.90. The van der Waals surface area contributed by atoms with Gasteiger partial charge in [0.2, 0.25) is 5.96 Å². The number of ether oxygens (including phenoxy) is 1. The summed E-state index contributed by atoms with van der Waals surface area (Å²) in [6.07, 6.45) is 0.408. The highest BCUT2D eigenvalue weighted by Crippen LogP contribution is 2.63. The van der Waals surface area contributed by atoms with Crippen LogP contribution in [0.15, 0.2) is 23.2 Å². The first-order valence-corrected chi connectivity index (χ1v) is 12.7. The van der Waals surface area contributed by atoms with E-state index in [-0.39, 0.29) is 30.2 Å². The van der Waals surface area contributed by atoms with Crippen molar-refractivity contribution in [3.05, 3.63) is 29.3 Å². The maximum atomic E-state index is 15.0. The van der Waals surface area contributed by atoms with Crippen molar-refractivity contribution in [2.75, 3.05) is 12.3 Å². The number of fused-ring (bicyclic) bond motifs is 3. The molecule has 0 saturated heterocycles. The molecule has 8 nitrogen and oxygen atoms in total. The number of nitrogens with two attached hydrogens (primary N) is 1. The molecule has 1 fully saturated rings. The second kappa shape index (κ2) is 8.43. The molecule has 4 rings (SSSR count). The van der Waals surface area contributed by atoms with Crippen LogP contribution < -0.4 is 11.1 Å². The van der Waals surface area contributed by atoms with E-state index in [4.69, 9.17) is 15.5 Å². The van der Waals surface area contributed by atoms with Crippen LogP contribution in [0.2, 0.25) is 0 Å². The van der Waals surface area contributed by atoms with E-state index >= 15 is 0 Å². The third-order valence-electron chi connectivity index (χ3n) is 7.64. The molecule has 0 bridgehead atoms. The summed E-state index contributed by atoms with van der Waals surface area (Å²) < 4.78 is 20.4. The summed E-state index contributed by atoms with van der Waals surface area (Å²) in [6.45, 7) is 11.7. The number of alkyl halides is 1. The Morgan fingerprint density at radius 1 is 1.25 bits per heavy atom. The molecule has 0 radical (unpaired) electrons. The third kappa shape index (κ3) is 4.35. The number of amides is 2. The minimum absolute atomic E-state index is 0.0268. The predicted molar refractivity (Wildman–Crippen MR) is 136 cm³/mol. The number of rotatable bonds is 2. The highest BCUT2D eigenvalue weighted by molar-refractivity contribution is 6.12. The zero-order valence-electron chi connectivity index (χ0n) is 22.3. The molecular formula is C27H39FN4O4. The van der Waals surface area contributed by atoms with Crippen LogP contribution in [0.3, 0.4) is 0 Å². The lowest BCUT2D eigenvalue weighted by Crippen LogP contribution is -2.56. The Labute approximate surface area is 212 Å². The number of nitrogens with one attached hydrogen (secondary N) is 1. The van der Waals surface area contributed by atoms with E-state index in [2.05, 4.69) is 5.32 Å². The molecule has 2 amide bonds. The van der Waals surface area contributed by atoms with Crippen molar-refractivity contribution in [2.45, 2.75) is 90.6 Å². The normalized spacial score (nSPS) is 32.1. The molecule has 198 valence electrons. The van der Waals surface area contributed by atoms with Gasteiger partial charge >= 0.3 is 6.09 Å². The molecule has 0 unspecified atom stereocenters. The molecule has 1 aromatic carbocycles. The number of hydrogen-bond donors (Lipinski definition) is 3. The Balaban J connectivity index is 1.90. The first kappa shape index (κ1) is 26.4. The maximum Gasteiger partial charge on any atom is 0.414 e. The van der Waals surface area contributed by atoms with Crippen molar-refractivity contribution in [1.82, 2.24) is 10.2 Å². The molecule has 36 heavy (non-hydrogen) atoms.